The van der Waals surface area contributed by atoms with Gasteiger partial charge in [0.1, 0.15) is 5.82 Å². The third-order valence-electron chi connectivity index (χ3n) is 10.2. The normalized spacial score (nSPS) is 11.5. The van der Waals surface area contributed by atoms with Crippen LogP contribution >= 0.6 is 0 Å². The first-order chi connectivity index (χ1) is 26.0. The molecule has 5 nitrogen and oxygen atoms in total. The van der Waals surface area contributed by atoms with E-state index in [-0.39, 0.29) is 27.0 Å². The molecule has 0 bridgehead atoms. The van der Waals surface area contributed by atoms with Crippen LogP contribution in [0.3, 0.4) is 0 Å². The summed E-state index contributed by atoms with van der Waals surface area (Å²) in [6.45, 7) is 17.6. The minimum Gasteiger partial charge on any atom is -0.509 e. The molecule has 0 atom stereocenters. The van der Waals surface area contributed by atoms with Gasteiger partial charge in [-0.25, -0.2) is 4.98 Å². The van der Waals surface area contributed by atoms with Gasteiger partial charge in [0, 0.05) is 34.3 Å². The van der Waals surface area contributed by atoms with E-state index in [1.165, 1.54) is 27.8 Å². The maximum absolute atomic E-state index is 6.74. The fourth-order valence-electron chi connectivity index (χ4n) is 7.96. The molecule has 3 heterocycles. The number of ether oxygens (including phenoxy) is 1. The van der Waals surface area contributed by atoms with Crippen molar-refractivity contribution in [3.8, 4) is 45.4 Å². The number of aryl methyl sites for hydroxylation is 4. The average Bonchev–Trinajstić information content (AvgIpc) is 3.65. The number of hydrogen-bond acceptors (Lipinski definition) is 3. The molecule has 0 aliphatic carbocycles. The smallest absolute Gasteiger partial charge is 0.509 e. The van der Waals surface area contributed by atoms with E-state index in [4.69, 9.17) is 14.8 Å². The molecule has 55 heavy (non-hydrogen) atoms. The number of para-hydroxylation sites is 1. The molecule has 0 saturated heterocycles. The predicted molar refractivity (Wildman–Crippen MR) is 222 cm³/mol. The molecule has 0 aliphatic heterocycles. The molecule has 0 radical (unpaired) electrons. The number of aromatic nitrogens is 4. The van der Waals surface area contributed by atoms with Crippen molar-refractivity contribution in [3.63, 3.8) is 0 Å². The van der Waals surface area contributed by atoms with Crippen molar-refractivity contribution in [1.82, 2.24) is 19.3 Å². The van der Waals surface area contributed by atoms with Crippen LogP contribution in [-0.2, 0) is 27.5 Å². The Hall–Kier alpha value is -5.25. The van der Waals surface area contributed by atoms with Gasteiger partial charge in [0.2, 0.25) is 0 Å². The number of pyridine rings is 1. The van der Waals surface area contributed by atoms with Crippen molar-refractivity contribution < 1.29 is 25.8 Å². The molecular formula is C49H46N4OPt. The third kappa shape index (κ3) is 7.31. The zero-order chi connectivity index (χ0) is 37.7. The predicted octanol–water partition coefficient (Wildman–Crippen LogP) is 12.6. The largest absolute Gasteiger partial charge is 2.00 e. The van der Waals surface area contributed by atoms with Crippen LogP contribution < -0.4 is 4.74 Å². The maximum Gasteiger partial charge on any atom is 2.00 e. The maximum atomic E-state index is 6.74. The van der Waals surface area contributed by atoms with Crippen LogP contribution in [0.1, 0.15) is 67.1 Å². The van der Waals surface area contributed by atoms with Crippen LogP contribution in [0.4, 0.5) is 0 Å². The summed E-state index contributed by atoms with van der Waals surface area (Å²) in [5, 5.41) is 7.49. The van der Waals surface area contributed by atoms with E-state index in [1.54, 1.807) is 0 Å². The second-order valence-corrected chi connectivity index (χ2v) is 15.3. The van der Waals surface area contributed by atoms with E-state index in [2.05, 4.69) is 174 Å². The molecule has 6 heteroatoms. The fraction of sp³-hybridized carbons (Fsp3) is 0.224. The van der Waals surface area contributed by atoms with Crippen LogP contribution in [0, 0.1) is 45.7 Å². The standard InChI is InChI=1S/C49H46N4O.Pt/c1-30(2)22-36-20-21-50-46(25-36)52-44-17-13-12-16-42(44)43-19-18-40(29-45(43)52)54-41-27-38(31(3)4)26-39(28-41)53-49(37-14-10-9-11-15-37)48(35(8)51-53)47-33(6)23-32(5)24-34(47)7;/h9-21,23-27,30-31H,22H2,1-8H3;/q-2;+2. The monoisotopic (exact) mass is 901 g/mol. The molecular weight excluding hydrogens is 856 g/mol. The molecule has 8 aromatic rings. The summed E-state index contributed by atoms with van der Waals surface area (Å²) in [5.41, 5.74) is 14.4. The fourth-order valence-corrected chi connectivity index (χ4v) is 7.96. The van der Waals surface area contributed by atoms with Gasteiger partial charge in [0.15, 0.2) is 0 Å². The van der Waals surface area contributed by atoms with Gasteiger partial charge in [-0.05, 0) is 97.5 Å². The van der Waals surface area contributed by atoms with Crippen LogP contribution in [0.2, 0.25) is 0 Å². The Morgan fingerprint density at radius 3 is 2.16 bits per heavy atom. The first kappa shape index (κ1) is 38.0. The van der Waals surface area contributed by atoms with E-state index in [0.29, 0.717) is 17.4 Å². The van der Waals surface area contributed by atoms with Gasteiger partial charge in [0.25, 0.3) is 0 Å². The average molecular weight is 902 g/mol. The molecule has 278 valence electrons. The Bertz CT molecular complexity index is 2640. The quantitative estimate of drug-likeness (QED) is 0.136. The second kappa shape index (κ2) is 15.5. The number of fused-ring (bicyclic) bond motifs is 3. The van der Waals surface area contributed by atoms with Crippen LogP contribution in [0.5, 0.6) is 11.5 Å². The Balaban J connectivity index is 0.00000465. The van der Waals surface area contributed by atoms with Gasteiger partial charge in [-0.15, -0.1) is 41.3 Å². The Kier molecular flexibility index (Phi) is 10.7. The Labute approximate surface area is 339 Å². The van der Waals surface area contributed by atoms with Gasteiger partial charge in [-0.1, -0.05) is 99.4 Å². The van der Waals surface area contributed by atoms with E-state index in [1.807, 2.05) is 12.3 Å². The van der Waals surface area contributed by atoms with E-state index in [0.717, 1.165) is 67.8 Å². The second-order valence-electron chi connectivity index (χ2n) is 15.3. The van der Waals surface area contributed by atoms with Crippen molar-refractivity contribution in [1.29, 1.82) is 0 Å². The van der Waals surface area contributed by atoms with Gasteiger partial charge in [-0.2, -0.15) is 11.2 Å². The minimum atomic E-state index is 0. The molecule has 5 aromatic carbocycles. The summed E-state index contributed by atoms with van der Waals surface area (Å²) in [6.07, 6.45) is 2.90. The summed E-state index contributed by atoms with van der Waals surface area (Å²) < 4.78 is 11.0. The summed E-state index contributed by atoms with van der Waals surface area (Å²) in [5.74, 6) is 2.89. The van der Waals surface area contributed by atoms with Crippen LogP contribution in [0.15, 0.2) is 109 Å². The van der Waals surface area contributed by atoms with Gasteiger partial charge >= 0.3 is 21.1 Å². The van der Waals surface area contributed by atoms with Crippen LogP contribution in [0.25, 0.3) is 55.7 Å². The molecule has 0 N–H and O–H groups in total. The molecule has 3 aromatic heterocycles. The van der Waals surface area contributed by atoms with E-state index >= 15 is 0 Å². The van der Waals surface area contributed by atoms with Crippen molar-refractivity contribution in [3.05, 3.63) is 155 Å². The number of rotatable bonds is 9. The van der Waals surface area contributed by atoms with Gasteiger partial charge in [-0.3, -0.25) is 4.68 Å². The molecule has 0 fully saturated rings. The van der Waals surface area contributed by atoms with E-state index in [9.17, 15) is 0 Å². The van der Waals surface area contributed by atoms with Gasteiger partial charge in [0.05, 0.1) is 11.4 Å². The summed E-state index contributed by atoms with van der Waals surface area (Å²) in [6, 6.07) is 43.6. The first-order valence-electron chi connectivity index (χ1n) is 18.9. The molecule has 0 saturated carbocycles. The summed E-state index contributed by atoms with van der Waals surface area (Å²) >= 11 is 0. The Morgan fingerprint density at radius 2 is 1.44 bits per heavy atom. The van der Waals surface area contributed by atoms with Crippen molar-refractivity contribution >= 4 is 21.8 Å². The Morgan fingerprint density at radius 1 is 0.709 bits per heavy atom. The minimum absolute atomic E-state index is 0. The van der Waals surface area contributed by atoms with Crippen molar-refractivity contribution in [2.24, 2.45) is 5.92 Å². The summed E-state index contributed by atoms with van der Waals surface area (Å²) in [7, 11) is 0. The molecule has 0 aliphatic rings. The van der Waals surface area contributed by atoms with Crippen molar-refractivity contribution in [2.45, 2.75) is 67.7 Å². The van der Waals surface area contributed by atoms with Gasteiger partial charge < -0.3 is 9.30 Å². The zero-order valence-electron chi connectivity index (χ0n) is 32.8. The molecule has 0 spiro atoms. The number of benzene rings is 5. The summed E-state index contributed by atoms with van der Waals surface area (Å²) in [4.78, 5) is 4.84. The molecule has 0 unspecified atom stereocenters. The molecule has 8 rings (SSSR count). The van der Waals surface area contributed by atoms with Crippen molar-refractivity contribution in [2.75, 3.05) is 0 Å². The third-order valence-corrected chi connectivity index (χ3v) is 10.2. The number of nitrogens with zero attached hydrogens (tertiary/aromatic N) is 4. The van der Waals surface area contributed by atoms with E-state index < -0.39 is 0 Å². The SMILES string of the molecule is Cc1cc(C)c(-c2c(C)nn(-c3[c-]c(Oc4[c-]c5c(cc4)c4ccccc4n5-c4cc(CC(C)C)ccn4)cc(C(C)C)c3)c2-c2ccccc2)c(C)c1.[Pt+2]. The van der Waals surface area contributed by atoms with Crippen LogP contribution in [-0.4, -0.2) is 19.3 Å². The number of hydrogen-bond donors (Lipinski definition) is 0. The molecule has 0 amide bonds. The first-order valence-corrected chi connectivity index (χ1v) is 18.9. The zero-order valence-corrected chi connectivity index (χ0v) is 35.0. The topological polar surface area (TPSA) is 44.9 Å².